The number of hydrogen-bond acceptors (Lipinski definition) is 2. The van der Waals surface area contributed by atoms with Gasteiger partial charge in [0.1, 0.15) is 0 Å². The van der Waals surface area contributed by atoms with Crippen LogP contribution in [0.5, 0.6) is 0 Å². The summed E-state index contributed by atoms with van der Waals surface area (Å²) in [5.74, 6) is -0.229. The van der Waals surface area contributed by atoms with Gasteiger partial charge in [0.2, 0.25) is 0 Å². The molecule has 0 N–H and O–H groups in total. The number of azo groups is 1. The highest BCUT2D eigenvalue weighted by Crippen LogP contribution is 2.27. The van der Waals surface area contributed by atoms with Gasteiger partial charge in [-0.05, 0) is 12.0 Å². The molecule has 14 heavy (non-hydrogen) atoms. The smallest absolute Gasteiger partial charge is 0.265 e. The summed E-state index contributed by atoms with van der Waals surface area (Å²) < 4.78 is 0. The van der Waals surface area contributed by atoms with Crippen molar-refractivity contribution in [2.75, 3.05) is 0 Å². The first kappa shape index (κ1) is 8.81. The normalized spacial score (nSPS) is 15.4. The van der Waals surface area contributed by atoms with Gasteiger partial charge in [-0.3, -0.25) is 4.79 Å². The number of carbonyl (C=O) groups excluding carboxylic acids is 1. The Hall–Kier alpha value is -1.77. The number of allylic oxidation sites excluding steroid dienone is 1. The standard InChI is InChI=1S/C11H10N2O/c1-2-9-10(11(14)13-12-9)8-6-4-3-5-7-8/h3-7H,2H2,1H3. The van der Waals surface area contributed by atoms with Crippen LogP contribution in [0.1, 0.15) is 18.9 Å². The zero-order chi connectivity index (χ0) is 9.97. The Balaban J connectivity index is 2.49. The van der Waals surface area contributed by atoms with Gasteiger partial charge in [-0.2, -0.15) is 5.11 Å². The highest BCUT2D eigenvalue weighted by Gasteiger charge is 2.21. The van der Waals surface area contributed by atoms with Crippen molar-refractivity contribution in [2.45, 2.75) is 13.3 Å². The lowest BCUT2D eigenvalue weighted by molar-refractivity contribution is -0.112. The Bertz CT molecular complexity index is 418. The predicted octanol–water partition coefficient (Wildman–Crippen LogP) is 2.80. The zero-order valence-corrected chi connectivity index (χ0v) is 7.90. The van der Waals surface area contributed by atoms with Crippen molar-refractivity contribution >= 4 is 11.5 Å². The number of rotatable bonds is 2. The van der Waals surface area contributed by atoms with E-state index in [4.69, 9.17) is 0 Å². The first-order chi connectivity index (χ1) is 6.83. The molecule has 0 radical (unpaired) electrons. The first-order valence-electron chi connectivity index (χ1n) is 4.57. The lowest BCUT2D eigenvalue weighted by atomic mass is 10.0. The molecule has 1 aliphatic rings. The molecule has 0 aromatic heterocycles. The SMILES string of the molecule is CCC1=C(c2ccccc2)C(=O)N=N1. The van der Waals surface area contributed by atoms with Crippen molar-refractivity contribution in [3.05, 3.63) is 41.6 Å². The molecule has 2 rings (SSSR count). The molecule has 1 amide bonds. The molecule has 0 aliphatic carbocycles. The maximum Gasteiger partial charge on any atom is 0.297 e. The van der Waals surface area contributed by atoms with Crippen molar-refractivity contribution in [3.63, 3.8) is 0 Å². The zero-order valence-electron chi connectivity index (χ0n) is 7.90. The topological polar surface area (TPSA) is 41.8 Å². The average Bonchev–Trinajstić information content (AvgIpc) is 2.61. The van der Waals surface area contributed by atoms with Crippen LogP contribution in [0.4, 0.5) is 0 Å². The van der Waals surface area contributed by atoms with Crippen molar-refractivity contribution < 1.29 is 4.79 Å². The molecule has 0 saturated heterocycles. The van der Waals surface area contributed by atoms with E-state index in [2.05, 4.69) is 10.2 Å². The van der Waals surface area contributed by atoms with Gasteiger partial charge in [0.15, 0.2) is 0 Å². The molecule has 3 heteroatoms. The van der Waals surface area contributed by atoms with E-state index in [9.17, 15) is 4.79 Å². The highest BCUT2D eigenvalue weighted by atomic mass is 16.2. The lowest BCUT2D eigenvalue weighted by Gasteiger charge is -2.00. The molecule has 0 saturated carbocycles. The largest absolute Gasteiger partial charge is 0.297 e. The van der Waals surface area contributed by atoms with Crippen molar-refractivity contribution in [3.8, 4) is 0 Å². The Morgan fingerprint density at radius 1 is 1.14 bits per heavy atom. The van der Waals surface area contributed by atoms with Crippen LogP contribution in [0.25, 0.3) is 5.57 Å². The minimum absolute atomic E-state index is 0.229. The third kappa shape index (κ3) is 1.37. The summed E-state index contributed by atoms with van der Waals surface area (Å²) in [6.45, 7) is 1.97. The Labute approximate surface area is 82.2 Å². The molecule has 0 spiro atoms. The molecule has 0 atom stereocenters. The van der Waals surface area contributed by atoms with E-state index < -0.39 is 0 Å². The van der Waals surface area contributed by atoms with Crippen LogP contribution in [-0.2, 0) is 4.79 Å². The maximum atomic E-state index is 11.4. The van der Waals surface area contributed by atoms with Gasteiger partial charge in [0.05, 0.1) is 11.3 Å². The highest BCUT2D eigenvalue weighted by molar-refractivity contribution is 6.22. The van der Waals surface area contributed by atoms with E-state index in [1.807, 2.05) is 37.3 Å². The van der Waals surface area contributed by atoms with E-state index in [0.29, 0.717) is 5.57 Å². The monoisotopic (exact) mass is 186 g/mol. The molecule has 1 aromatic rings. The Morgan fingerprint density at radius 3 is 2.50 bits per heavy atom. The molecule has 1 heterocycles. The molecule has 70 valence electrons. The summed E-state index contributed by atoms with van der Waals surface area (Å²) in [4.78, 5) is 11.4. The third-order valence-electron chi connectivity index (χ3n) is 2.16. The molecule has 3 nitrogen and oxygen atoms in total. The van der Waals surface area contributed by atoms with Gasteiger partial charge in [-0.1, -0.05) is 37.3 Å². The molecule has 1 aromatic carbocycles. The van der Waals surface area contributed by atoms with Crippen molar-refractivity contribution in [1.29, 1.82) is 0 Å². The van der Waals surface area contributed by atoms with E-state index in [1.165, 1.54) is 0 Å². The second-order valence-electron chi connectivity index (χ2n) is 3.05. The summed E-state index contributed by atoms with van der Waals surface area (Å²) in [5, 5.41) is 7.41. The molecular weight excluding hydrogens is 176 g/mol. The summed E-state index contributed by atoms with van der Waals surface area (Å²) in [5.41, 5.74) is 2.33. The van der Waals surface area contributed by atoms with Gasteiger partial charge in [-0.25, -0.2) is 0 Å². The quantitative estimate of drug-likeness (QED) is 0.700. The second-order valence-corrected chi connectivity index (χ2v) is 3.05. The summed E-state index contributed by atoms with van der Waals surface area (Å²) in [6, 6.07) is 9.53. The minimum Gasteiger partial charge on any atom is -0.265 e. The van der Waals surface area contributed by atoms with E-state index in [-0.39, 0.29) is 5.91 Å². The number of benzene rings is 1. The molecule has 1 aliphatic heterocycles. The van der Waals surface area contributed by atoms with Crippen LogP contribution in [-0.4, -0.2) is 5.91 Å². The number of nitrogens with zero attached hydrogens (tertiary/aromatic N) is 2. The number of hydrogen-bond donors (Lipinski definition) is 0. The van der Waals surface area contributed by atoms with Crippen LogP contribution >= 0.6 is 0 Å². The second kappa shape index (κ2) is 3.54. The minimum atomic E-state index is -0.229. The summed E-state index contributed by atoms with van der Waals surface area (Å²) in [7, 11) is 0. The Morgan fingerprint density at radius 2 is 1.86 bits per heavy atom. The summed E-state index contributed by atoms with van der Waals surface area (Å²) >= 11 is 0. The fraction of sp³-hybridized carbons (Fsp3) is 0.182. The average molecular weight is 186 g/mol. The molecule has 0 unspecified atom stereocenters. The van der Waals surface area contributed by atoms with Crippen LogP contribution in [0.15, 0.2) is 46.3 Å². The van der Waals surface area contributed by atoms with Crippen molar-refractivity contribution in [1.82, 2.24) is 0 Å². The maximum absolute atomic E-state index is 11.4. The molecule has 0 fully saturated rings. The number of carbonyl (C=O) groups is 1. The lowest BCUT2D eigenvalue weighted by Crippen LogP contribution is -1.95. The van der Waals surface area contributed by atoms with E-state index in [1.54, 1.807) is 0 Å². The van der Waals surface area contributed by atoms with Gasteiger partial charge in [0.25, 0.3) is 5.91 Å². The van der Waals surface area contributed by atoms with Crippen LogP contribution in [0.2, 0.25) is 0 Å². The molecule has 0 bridgehead atoms. The van der Waals surface area contributed by atoms with Crippen molar-refractivity contribution in [2.24, 2.45) is 10.2 Å². The Kier molecular flexibility index (Phi) is 2.23. The van der Waals surface area contributed by atoms with Crippen LogP contribution in [0, 0.1) is 0 Å². The first-order valence-corrected chi connectivity index (χ1v) is 4.57. The third-order valence-corrected chi connectivity index (χ3v) is 2.16. The van der Waals surface area contributed by atoms with Gasteiger partial charge in [0, 0.05) is 0 Å². The fourth-order valence-corrected chi connectivity index (χ4v) is 1.47. The van der Waals surface area contributed by atoms with Gasteiger partial charge >= 0.3 is 0 Å². The number of amides is 1. The van der Waals surface area contributed by atoms with Crippen LogP contribution < -0.4 is 0 Å². The van der Waals surface area contributed by atoms with E-state index >= 15 is 0 Å². The van der Waals surface area contributed by atoms with Crippen LogP contribution in [0.3, 0.4) is 0 Å². The summed E-state index contributed by atoms with van der Waals surface area (Å²) in [6.07, 6.45) is 0.736. The molecular formula is C11H10N2O. The fourth-order valence-electron chi connectivity index (χ4n) is 1.47. The predicted molar refractivity (Wildman–Crippen MR) is 53.5 cm³/mol. The van der Waals surface area contributed by atoms with E-state index in [0.717, 1.165) is 17.7 Å². The van der Waals surface area contributed by atoms with Gasteiger partial charge in [-0.15, -0.1) is 5.11 Å². The van der Waals surface area contributed by atoms with Gasteiger partial charge < -0.3 is 0 Å².